The van der Waals surface area contributed by atoms with Crippen LogP contribution in [-0.4, -0.2) is 67.1 Å². The highest BCUT2D eigenvalue weighted by Gasteiger charge is 2.17. The lowest BCUT2D eigenvalue weighted by atomic mass is 10.3. The lowest BCUT2D eigenvalue weighted by molar-refractivity contribution is -0.146. The van der Waals surface area contributed by atoms with E-state index in [1.54, 1.807) is 0 Å². The molecule has 0 aromatic rings. The van der Waals surface area contributed by atoms with E-state index >= 15 is 0 Å². The first-order valence-corrected chi connectivity index (χ1v) is 5.60. The molecule has 0 heterocycles. The predicted molar refractivity (Wildman–Crippen MR) is 64.5 cm³/mol. The molecule has 0 aliphatic rings. The molecule has 5 N–H and O–H groups in total. The fourth-order valence-corrected chi connectivity index (χ4v) is 1.02. The maximum atomic E-state index is 11.4. The number of hydrogen-bond acceptors (Lipinski definition) is 5. The largest absolute Gasteiger partial charge is 0.479 e. The van der Waals surface area contributed by atoms with Gasteiger partial charge < -0.3 is 30.9 Å². The van der Waals surface area contributed by atoms with Crippen molar-refractivity contribution in [2.75, 3.05) is 26.8 Å². The fourth-order valence-electron chi connectivity index (χ4n) is 1.02. The number of aliphatic hydroxyl groups is 1. The van der Waals surface area contributed by atoms with Crippen LogP contribution < -0.4 is 16.0 Å². The Hall–Kier alpha value is -1.87. The van der Waals surface area contributed by atoms with E-state index in [9.17, 15) is 14.4 Å². The van der Waals surface area contributed by atoms with Crippen molar-refractivity contribution in [2.24, 2.45) is 0 Å². The molecule has 0 spiro atoms. The molecule has 19 heavy (non-hydrogen) atoms. The minimum absolute atomic E-state index is 0.320. The molecule has 0 saturated carbocycles. The third kappa shape index (κ3) is 7.95. The maximum absolute atomic E-state index is 11.4. The first-order valence-electron chi connectivity index (χ1n) is 5.60. The fraction of sp³-hybridized carbons (Fsp3) is 0.700. The van der Waals surface area contributed by atoms with Gasteiger partial charge >= 0.3 is 12.0 Å². The van der Waals surface area contributed by atoms with Crippen LogP contribution in [0.15, 0.2) is 0 Å². The Morgan fingerprint density at radius 2 is 1.89 bits per heavy atom. The Morgan fingerprint density at radius 3 is 2.42 bits per heavy atom. The average molecular weight is 277 g/mol. The van der Waals surface area contributed by atoms with Gasteiger partial charge in [0.15, 0.2) is 6.10 Å². The summed E-state index contributed by atoms with van der Waals surface area (Å²) >= 11 is 0. The highest BCUT2D eigenvalue weighted by atomic mass is 16.5. The highest BCUT2D eigenvalue weighted by Crippen LogP contribution is 1.84. The van der Waals surface area contributed by atoms with Gasteiger partial charge in [0.2, 0.25) is 5.91 Å². The molecule has 0 radical (unpaired) electrons. The number of urea groups is 1. The second kappa shape index (κ2) is 9.11. The van der Waals surface area contributed by atoms with Crippen molar-refractivity contribution in [3.05, 3.63) is 0 Å². The second-order valence-corrected chi connectivity index (χ2v) is 3.71. The third-order valence-electron chi connectivity index (χ3n) is 2.09. The number of aliphatic hydroxyl groups excluding tert-OH is 1. The van der Waals surface area contributed by atoms with E-state index in [0.717, 1.165) is 0 Å². The van der Waals surface area contributed by atoms with Crippen LogP contribution in [0.3, 0.4) is 0 Å². The van der Waals surface area contributed by atoms with Crippen LogP contribution in [0.1, 0.15) is 6.92 Å². The van der Waals surface area contributed by atoms with E-state index < -0.39 is 36.6 Å². The van der Waals surface area contributed by atoms with Gasteiger partial charge in [0.05, 0.1) is 13.2 Å². The summed E-state index contributed by atoms with van der Waals surface area (Å²) in [5.74, 6) is -1.84. The van der Waals surface area contributed by atoms with Gasteiger partial charge in [-0.2, -0.15) is 0 Å². The Kier molecular flexibility index (Phi) is 8.22. The molecule has 110 valence electrons. The molecule has 0 aliphatic carbocycles. The van der Waals surface area contributed by atoms with Gasteiger partial charge in [-0.15, -0.1) is 0 Å². The molecular weight excluding hydrogens is 258 g/mol. The van der Waals surface area contributed by atoms with Crippen molar-refractivity contribution in [3.8, 4) is 0 Å². The van der Waals surface area contributed by atoms with Gasteiger partial charge in [0, 0.05) is 13.7 Å². The zero-order chi connectivity index (χ0) is 14.8. The normalized spacial score (nSPS) is 13.2. The number of carboxylic acid groups (broad SMARTS) is 1. The van der Waals surface area contributed by atoms with E-state index in [4.69, 9.17) is 14.9 Å². The summed E-state index contributed by atoms with van der Waals surface area (Å²) in [6.07, 6.45) is -1.68. The van der Waals surface area contributed by atoms with Gasteiger partial charge in [-0.1, -0.05) is 0 Å². The molecule has 0 fully saturated rings. The van der Waals surface area contributed by atoms with Crippen LogP contribution in [0.5, 0.6) is 0 Å². The third-order valence-corrected chi connectivity index (χ3v) is 2.09. The lowest BCUT2D eigenvalue weighted by Gasteiger charge is -2.15. The van der Waals surface area contributed by atoms with Gasteiger partial charge in [-0.05, 0) is 6.92 Å². The number of rotatable bonds is 8. The molecule has 0 aromatic carbocycles. The number of nitrogens with one attached hydrogen (secondary N) is 3. The van der Waals surface area contributed by atoms with Crippen molar-refractivity contribution in [3.63, 3.8) is 0 Å². The molecule has 0 aromatic heterocycles. The Bertz CT molecular complexity index is 322. The number of aliphatic carboxylic acids is 1. The standard InChI is InChI=1S/C10H19N3O6/c1-6(8(15)11-3-4-19-2)13-10(18)12-5-7(14)9(16)17/h6-7,14H,3-5H2,1-2H3,(H,11,15)(H,16,17)(H2,12,13,18). The van der Waals surface area contributed by atoms with Crippen LogP contribution in [-0.2, 0) is 14.3 Å². The van der Waals surface area contributed by atoms with E-state index in [-0.39, 0.29) is 0 Å². The van der Waals surface area contributed by atoms with Crippen molar-refractivity contribution in [2.45, 2.75) is 19.1 Å². The molecule has 0 bridgehead atoms. The lowest BCUT2D eigenvalue weighted by Crippen LogP contribution is -2.50. The van der Waals surface area contributed by atoms with Gasteiger partial charge in [-0.25, -0.2) is 9.59 Å². The summed E-state index contributed by atoms with van der Waals surface area (Å²) in [7, 11) is 1.50. The summed E-state index contributed by atoms with van der Waals surface area (Å²) in [5, 5.41) is 24.3. The number of ether oxygens (including phenoxy) is 1. The highest BCUT2D eigenvalue weighted by molar-refractivity contribution is 5.86. The summed E-state index contributed by atoms with van der Waals surface area (Å²) in [4.78, 5) is 33.0. The van der Waals surface area contributed by atoms with Crippen LogP contribution in [0, 0.1) is 0 Å². The number of carboxylic acids is 1. The number of amides is 3. The minimum Gasteiger partial charge on any atom is -0.479 e. The average Bonchev–Trinajstić information content (AvgIpc) is 2.35. The number of carbonyl (C=O) groups excluding carboxylic acids is 2. The topological polar surface area (TPSA) is 137 Å². The Balaban J connectivity index is 3.91. The molecule has 2 atom stereocenters. The molecule has 0 saturated heterocycles. The molecule has 9 heteroatoms. The van der Waals surface area contributed by atoms with Crippen molar-refractivity contribution >= 4 is 17.9 Å². The maximum Gasteiger partial charge on any atom is 0.334 e. The molecule has 9 nitrogen and oxygen atoms in total. The summed E-state index contributed by atoms with van der Waals surface area (Å²) < 4.78 is 4.74. The summed E-state index contributed by atoms with van der Waals surface area (Å²) in [6, 6.07) is -1.53. The number of hydrogen-bond donors (Lipinski definition) is 5. The molecular formula is C10H19N3O6. The first kappa shape index (κ1) is 17.1. The van der Waals surface area contributed by atoms with Gasteiger partial charge in [0.1, 0.15) is 6.04 Å². The molecule has 3 amide bonds. The van der Waals surface area contributed by atoms with Crippen LogP contribution in [0.2, 0.25) is 0 Å². The first-order chi connectivity index (χ1) is 8.88. The molecule has 0 rings (SSSR count). The van der Waals surface area contributed by atoms with Crippen molar-refractivity contribution in [1.82, 2.24) is 16.0 Å². The van der Waals surface area contributed by atoms with E-state index in [1.807, 2.05) is 0 Å². The molecule has 2 unspecified atom stereocenters. The zero-order valence-corrected chi connectivity index (χ0v) is 10.8. The molecule has 0 aliphatic heterocycles. The second-order valence-electron chi connectivity index (χ2n) is 3.71. The summed E-state index contributed by atoms with van der Waals surface area (Å²) in [5.41, 5.74) is 0. The smallest absolute Gasteiger partial charge is 0.334 e. The van der Waals surface area contributed by atoms with E-state index in [2.05, 4.69) is 16.0 Å². The predicted octanol–water partition coefficient (Wildman–Crippen LogP) is -2.12. The van der Waals surface area contributed by atoms with Gasteiger partial charge in [-0.3, -0.25) is 4.79 Å². The minimum atomic E-state index is -1.68. The zero-order valence-electron chi connectivity index (χ0n) is 10.8. The summed E-state index contributed by atoms with van der Waals surface area (Å²) in [6.45, 7) is 1.70. The van der Waals surface area contributed by atoms with E-state index in [1.165, 1.54) is 14.0 Å². The van der Waals surface area contributed by atoms with E-state index in [0.29, 0.717) is 13.2 Å². The quantitative estimate of drug-likeness (QED) is 0.322. The monoisotopic (exact) mass is 277 g/mol. The van der Waals surface area contributed by atoms with Gasteiger partial charge in [0.25, 0.3) is 0 Å². The van der Waals surface area contributed by atoms with Crippen LogP contribution in [0.25, 0.3) is 0 Å². The SMILES string of the molecule is COCCNC(=O)C(C)NC(=O)NCC(O)C(=O)O. The number of carbonyl (C=O) groups is 3. The van der Waals surface area contributed by atoms with Crippen molar-refractivity contribution < 1.29 is 29.3 Å². The number of methoxy groups -OCH3 is 1. The Morgan fingerprint density at radius 1 is 1.26 bits per heavy atom. The van der Waals surface area contributed by atoms with Crippen LogP contribution >= 0.6 is 0 Å². The van der Waals surface area contributed by atoms with Crippen LogP contribution in [0.4, 0.5) is 4.79 Å². The Labute approximate surface area is 110 Å². The van der Waals surface area contributed by atoms with Crippen molar-refractivity contribution in [1.29, 1.82) is 0 Å².